The van der Waals surface area contributed by atoms with Gasteiger partial charge in [-0.25, -0.2) is 4.99 Å². The number of hydrogen-bond donors (Lipinski definition) is 1. The van der Waals surface area contributed by atoms with Gasteiger partial charge in [0.05, 0.1) is 12.6 Å². The molecule has 1 aromatic carbocycles. The van der Waals surface area contributed by atoms with Gasteiger partial charge in [-0.2, -0.15) is 0 Å². The highest BCUT2D eigenvalue weighted by atomic mass is 16.5. The highest BCUT2D eigenvalue weighted by molar-refractivity contribution is 5.75. The minimum Gasteiger partial charge on any atom is -0.463 e. The lowest BCUT2D eigenvalue weighted by atomic mass is 9.98. The van der Waals surface area contributed by atoms with Crippen LogP contribution in [0.3, 0.4) is 0 Å². The maximum absolute atomic E-state index is 5.50. The zero-order valence-corrected chi connectivity index (χ0v) is 12.1. The van der Waals surface area contributed by atoms with Crippen molar-refractivity contribution in [2.75, 3.05) is 13.2 Å². The van der Waals surface area contributed by atoms with E-state index in [1.54, 1.807) is 0 Å². The van der Waals surface area contributed by atoms with E-state index in [0.717, 1.165) is 13.0 Å². The van der Waals surface area contributed by atoms with Gasteiger partial charge in [0.1, 0.15) is 6.61 Å². The molecule has 0 radical (unpaired) electrons. The van der Waals surface area contributed by atoms with Gasteiger partial charge in [0.15, 0.2) is 0 Å². The van der Waals surface area contributed by atoms with Crippen molar-refractivity contribution in [1.29, 1.82) is 0 Å². The number of aryl methyl sites for hydroxylation is 1. The Balaban J connectivity index is 1.83. The van der Waals surface area contributed by atoms with E-state index in [-0.39, 0.29) is 6.04 Å². The zero-order valence-electron chi connectivity index (χ0n) is 12.1. The first-order valence-electron chi connectivity index (χ1n) is 7.20. The number of amidine groups is 1. The average Bonchev–Trinajstić information content (AvgIpc) is 3.01. The van der Waals surface area contributed by atoms with Crippen LogP contribution in [0.5, 0.6) is 0 Å². The van der Waals surface area contributed by atoms with E-state index >= 15 is 0 Å². The molecule has 0 saturated carbocycles. The lowest BCUT2D eigenvalue weighted by Crippen LogP contribution is -2.30. The fraction of sp³-hybridized carbons (Fsp3) is 0.294. The van der Waals surface area contributed by atoms with Crippen molar-refractivity contribution in [3.05, 3.63) is 65.5 Å². The molecule has 4 heteroatoms. The van der Waals surface area contributed by atoms with E-state index in [4.69, 9.17) is 4.74 Å². The molecule has 108 valence electrons. The van der Waals surface area contributed by atoms with Gasteiger partial charge in [0.25, 0.3) is 6.02 Å². The maximum Gasteiger partial charge on any atom is 0.285 e. The third-order valence-electron chi connectivity index (χ3n) is 3.52. The van der Waals surface area contributed by atoms with Crippen LogP contribution in [0, 0.1) is 6.92 Å². The number of ether oxygens (including phenoxy) is 1. The summed E-state index contributed by atoms with van der Waals surface area (Å²) >= 11 is 0. The molecule has 0 fully saturated rings. The molecule has 1 aliphatic rings. The van der Waals surface area contributed by atoms with Crippen molar-refractivity contribution in [3.63, 3.8) is 0 Å². The van der Waals surface area contributed by atoms with E-state index in [1.165, 1.54) is 16.7 Å². The summed E-state index contributed by atoms with van der Waals surface area (Å²) in [4.78, 5) is 8.41. The van der Waals surface area contributed by atoms with Crippen LogP contribution in [0.25, 0.3) is 0 Å². The van der Waals surface area contributed by atoms with Gasteiger partial charge in [-0.3, -0.25) is 4.98 Å². The number of pyridine rings is 1. The smallest absolute Gasteiger partial charge is 0.285 e. The fourth-order valence-electron chi connectivity index (χ4n) is 2.47. The van der Waals surface area contributed by atoms with E-state index in [2.05, 4.69) is 46.5 Å². The average molecular weight is 281 g/mol. The van der Waals surface area contributed by atoms with E-state index in [0.29, 0.717) is 12.6 Å². The topological polar surface area (TPSA) is 46.5 Å². The van der Waals surface area contributed by atoms with Crippen LogP contribution in [-0.4, -0.2) is 24.2 Å². The Morgan fingerprint density at radius 1 is 1.24 bits per heavy atom. The first kappa shape index (κ1) is 13.6. The lowest BCUT2D eigenvalue weighted by molar-refractivity contribution is 0.325. The van der Waals surface area contributed by atoms with Crippen molar-refractivity contribution in [1.82, 2.24) is 10.3 Å². The predicted octanol–water partition coefficient (Wildman–Crippen LogP) is 2.65. The largest absolute Gasteiger partial charge is 0.463 e. The van der Waals surface area contributed by atoms with E-state index < -0.39 is 0 Å². The molecule has 1 unspecified atom stereocenters. The number of nitrogens with one attached hydrogen (secondary N) is 1. The highest BCUT2D eigenvalue weighted by Crippen LogP contribution is 2.20. The van der Waals surface area contributed by atoms with Gasteiger partial charge in [-0.05, 0) is 36.6 Å². The number of aromatic nitrogens is 1. The molecule has 0 bridgehead atoms. The summed E-state index contributed by atoms with van der Waals surface area (Å²) < 4.78 is 5.50. The Morgan fingerprint density at radius 3 is 2.81 bits per heavy atom. The van der Waals surface area contributed by atoms with Gasteiger partial charge in [-0.15, -0.1) is 0 Å². The van der Waals surface area contributed by atoms with E-state index in [1.807, 2.05) is 24.5 Å². The van der Waals surface area contributed by atoms with Gasteiger partial charge < -0.3 is 10.1 Å². The maximum atomic E-state index is 5.50. The van der Waals surface area contributed by atoms with Crippen molar-refractivity contribution in [2.24, 2.45) is 4.99 Å². The summed E-state index contributed by atoms with van der Waals surface area (Å²) in [5.74, 6) is 0. The molecule has 1 atom stereocenters. The summed E-state index contributed by atoms with van der Waals surface area (Å²) in [6.07, 6.45) is 4.52. The normalized spacial score (nSPS) is 15.2. The summed E-state index contributed by atoms with van der Waals surface area (Å²) in [6, 6.07) is 13.4. The number of benzene rings is 1. The van der Waals surface area contributed by atoms with Crippen molar-refractivity contribution in [3.8, 4) is 0 Å². The summed E-state index contributed by atoms with van der Waals surface area (Å²) in [7, 11) is 0. The second-order valence-corrected chi connectivity index (χ2v) is 5.21. The van der Waals surface area contributed by atoms with Crippen LogP contribution in [0.15, 0.2) is 53.8 Å². The Labute approximate surface area is 124 Å². The first-order valence-corrected chi connectivity index (χ1v) is 7.20. The second kappa shape index (κ2) is 6.39. The molecular formula is C17H19N3O. The molecule has 0 amide bonds. The van der Waals surface area contributed by atoms with Gasteiger partial charge >= 0.3 is 0 Å². The Morgan fingerprint density at radius 2 is 2.10 bits per heavy atom. The lowest BCUT2D eigenvalue weighted by Gasteiger charge is -2.20. The summed E-state index contributed by atoms with van der Waals surface area (Å²) in [6.45, 7) is 3.51. The SMILES string of the molecule is Cc1cccc(C(Cc2ccncc2)NC2=NCCO2)c1. The molecule has 2 aromatic rings. The van der Waals surface area contributed by atoms with Crippen molar-refractivity contribution < 1.29 is 4.74 Å². The zero-order chi connectivity index (χ0) is 14.5. The van der Waals surface area contributed by atoms with Crippen LogP contribution < -0.4 is 5.32 Å². The van der Waals surface area contributed by atoms with Crippen molar-refractivity contribution >= 4 is 6.02 Å². The van der Waals surface area contributed by atoms with Gasteiger partial charge in [-0.1, -0.05) is 29.8 Å². The fourth-order valence-corrected chi connectivity index (χ4v) is 2.47. The van der Waals surface area contributed by atoms with Crippen LogP contribution in [-0.2, 0) is 11.2 Å². The van der Waals surface area contributed by atoms with Crippen LogP contribution in [0.4, 0.5) is 0 Å². The monoisotopic (exact) mass is 281 g/mol. The van der Waals surface area contributed by atoms with Gasteiger partial charge in [0.2, 0.25) is 0 Å². The molecule has 3 rings (SSSR count). The molecule has 0 spiro atoms. The third-order valence-corrected chi connectivity index (χ3v) is 3.52. The minimum absolute atomic E-state index is 0.143. The second-order valence-electron chi connectivity index (χ2n) is 5.21. The number of rotatable bonds is 4. The predicted molar refractivity (Wildman–Crippen MR) is 83.3 cm³/mol. The first-order chi connectivity index (χ1) is 10.3. The van der Waals surface area contributed by atoms with E-state index in [9.17, 15) is 0 Å². The van der Waals surface area contributed by atoms with Crippen LogP contribution in [0.2, 0.25) is 0 Å². The molecule has 4 nitrogen and oxygen atoms in total. The number of nitrogens with zero attached hydrogens (tertiary/aromatic N) is 2. The Kier molecular flexibility index (Phi) is 4.15. The summed E-state index contributed by atoms with van der Waals surface area (Å²) in [5, 5.41) is 3.42. The molecule has 21 heavy (non-hydrogen) atoms. The number of aliphatic imine (C=N–C) groups is 1. The molecule has 1 aliphatic heterocycles. The van der Waals surface area contributed by atoms with Gasteiger partial charge in [0, 0.05) is 12.4 Å². The quantitative estimate of drug-likeness (QED) is 0.937. The molecule has 1 N–H and O–H groups in total. The summed E-state index contributed by atoms with van der Waals surface area (Å²) in [5.41, 5.74) is 3.73. The molecule has 0 aliphatic carbocycles. The molecule has 1 aromatic heterocycles. The minimum atomic E-state index is 0.143. The van der Waals surface area contributed by atoms with Crippen LogP contribution >= 0.6 is 0 Å². The standard InChI is InChI=1S/C17H19N3O/c1-13-3-2-4-15(11-13)16(20-17-19-9-10-21-17)12-14-5-7-18-8-6-14/h2-8,11,16H,9-10,12H2,1H3,(H,19,20). The van der Waals surface area contributed by atoms with Crippen molar-refractivity contribution in [2.45, 2.75) is 19.4 Å². The number of hydrogen-bond acceptors (Lipinski definition) is 4. The third kappa shape index (κ3) is 3.60. The highest BCUT2D eigenvalue weighted by Gasteiger charge is 2.17. The van der Waals surface area contributed by atoms with Crippen LogP contribution in [0.1, 0.15) is 22.7 Å². The molecule has 0 saturated heterocycles. The Bertz CT molecular complexity index is 625. The molecule has 2 heterocycles. The molecular weight excluding hydrogens is 262 g/mol. The Hall–Kier alpha value is -2.36.